The van der Waals surface area contributed by atoms with Crippen LogP contribution >= 0.6 is 68.1 Å². The van der Waals surface area contributed by atoms with Crippen LogP contribution in [0.3, 0.4) is 0 Å². The van der Waals surface area contributed by atoms with Crippen LogP contribution in [0, 0.1) is 17.3 Å². The summed E-state index contributed by atoms with van der Waals surface area (Å²) < 4.78 is 15.5. The molecule has 4 aromatic carbocycles. The minimum Gasteiger partial charge on any atom is -0.487 e. The Balaban J connectivity index is 1.52. The number of ether oxygens (including phenoxy) is 2. The van der Waals surface area contributed by atoms with E-state index in [4.69, 9.17) is 26.1 Å². The van der Waals surface area contributed by atoms with Crippen LogP contribution in [0.2, 0.25) is 5.02 Å². The van der Waals surface area contributed by atoms with Gasteiger partial charge in [-0.2, -0.15) is 0 Å². The smallest absolute Gasteiger partial charge is 0.338 e. The molecule has 1 aliphatic heterocycles. The number of esters is 1. The molecule has 1 aliphatic rings. The maximum atomic E-state index is 14.4. The molecule has 2 heterocycles. The van der Waals surface area contributed by atoms with Crippen LogP contribution in [0.1, 0.15) is 35.2 Å². The highest BCUT2D eigenvalue weighted by Gasteiger charge is 2.35. The highest BCUT2D eigenvalue weighted by atomic mass is 127. The van der Waals surface area contributed by atoms with E-state index >= 15 is 0 Å². The van der Waals surface area contributed by atoms with Crippen molar-refractivity contribution in [1.82, 2.24) is 4.57 Å². The first-order valence-electron chi connectivity index (χ1n) is 14.5. The molecule has 0 bridgehead atoms. The summed E-state index contributed by atoms with van der Waals surface area (Å²) in [5.74, 6) is -0.00456. The largest absolute Gasteiger partial charge is 0.487 e. The predicted molar refractivity (Wildman–Crippen MR) is 202 cm³/mol. The summed E-state index contributed by atoms with van der Waals surface area (Å²) in [6.45, 7) is 2.05. The summed E-state index contributed by atoms with van der Waals surface area (Å²) in [6, 6.07) is 25.6. The van der Waals surface area contributed by atoms with Crippen LogP contribution < -0.4 is 19.6 Å². The normalized spacial score (nSPS) is 14.3. The van der Waals surface area contributed by atoms with Crippen LogP contribution in [-0.2, 0) is 16.1 Å². The fraction of sp³-hybridized carbons (Fsp3) is 0.114. The van der Waals surface area contributed by atoms with Crippen molar-refractivity contribution in [1.29, 1.82) is 0 Å². The van der Waals surface area contributed by atoms with Gasteiger partial charge in [0.15, 0.2) is 4.80 Å². The number of fused-ring (bicyclic) bond motifs is 1. The monoisotopic (exact) mass is 903 g/mol. The summed E-state index contributed by atoms with van der Waals surface area (Å²) >= 11 is 11.9. The first-order valence-corrected chi connectivity index (χ1v) is 17.9. The second-order valence-electron chi connectivity index (χ2n) is 10.5. The Hall–Kier alpha value is -3.86. The average Bonchev–Trinajstić information content (AvgIpc) is 3.38. The molecule has 48 heavy (non-hydrogen) atoms. The molecule has 5 aromatic rings. The topological polar surface area (TPSA) is 113 Å². The molecule has 0 spiro atoms. The number of hydrogen-bond acceptors (Lipinski definition) is 8. The zero-order valence-electron chi connectivity index (χ0n) is 25.1. The number of non-ortho nitro benzene ring substituents is 1. The molecule has 13 heteroatoms. The number of carbonyl (C=O) groups excluding carboxylic acids is 1. The highest BCUT2D eigenvalue weighted by molar-refractivity contribution is 14.1. The van der Waals surface area contributed by atoms with Crippen LogP contribution in [0.5, 0.6) is 5.75 Å². The van der Waals surface area contributed by atoms with Crippen LogP contribution in [0.4, 0.5) is 5.69 Å². The lowest BCUT2D eigenvalue weighted by molar-refractivity contribution is -0.384. The van der Waals surface area contributed by atoms with Gasteiger partial charge in [-0.3, -0.25) is 19.5 Å². The molecule has 9 nitrogen and oxygen atoms in total. The van der Waals surface area contributed by atoms with Crippen molar-refractivity contribution in [2.75, 3.05) is 6.61 Å². The quantitative estimate of drug-likeness (QED) is 0.0666. The fourth-order valence-electron chi connectivity index (χ4n) is 5.25. The molecule has 0 N–H and O–H groups in total. The molecule has 0 fully saturated rings. The maximum absolute atomic E-state index is 14.4. The van der Waals surface area contributed by atoms with Crippen molar-refractivity contribution in [3.8, 4) is 5.75 Å². The van der Waals surface area contributed by atoms with E-state index in [1.807, 2.05) is 42.5 Å². The standard InChI is InChI=1S/C35H24ClI2N3O6S/c1-2-46-34(43)29-30(21-6-4-3-5-7-21)39-35-40(31(29)22-10-12-24(36)13-11-22)33(42)28(48-35)17-23-16-25(37)18-27(38)32(23)47-19-20-8-14-26(15-9-20)41(44)45/h3-18,31H,2,19H2,1H3/b28-17-/t31-/m0/s1. The Kier molecular flexibility index (Phi) is 10.4. The number of nitro groups is 1. The number of aromatic nitrogens is 1. The van der Waals surface area contributed by atoms with Crippen molar-refractivity contribution >= 4 is 91.5 Å². The number of nitrogens with zero attached hydrogens (tertiary/aromatic N) is 3. The first-order chi connectivity index (χ1) is 23.1. The third-order valence-corrected chi connectivity index (χ3v) is 10.1. The Bertz CT molecular complexity index is 2250. The van der Waals surface area contributed by atoms with E-state index in [-0.39, 0.29) is 30.0 Å². The zero-order chi connectivity index (χ0) is 33.9. The van der Waals surface area contributed by atoms with E-state index in [1.165, 1.54) is 28.0 Å². The van der Waals surface area contributed by atoms with E-state index < -0.39 is 16.9 Å². The number of benzene rings is 4. The lowest BCUT2D eigenvalue weighted by Crippen LogP contribution is -2.40. The van der Waals surface area contributed by atoms with Crippen molar-refractivity contribution in [3.05, 3.63) is 161 Å². The minimum absolute atomic E-state index is 0.00269. The fourth-order valence-corrected chi connectivity index (χ4v) is 8.41. The van der Waals surface area contributed by atoms with Gasteiger partial charge in [0.25, 0.3) is 11.2 Å². The molecule has 0 aliphatic carbocycles. The van der Waals surface area contributed by atoms with Crippen LogP contribution in [0.25, 0.3) is 11.8 Å². The van der Waals surface area contributed by atoms with Gasteiger partial charge in [0.2, 0.25) is 0 Å². The van der Waals surface area contributed by atoms with Gasteiger partial charge in [-0.1, -0.05) is 65.4 Å². The molecule has 0 saturated heterocycles. The van der Waals surface area contributed by atoms with Gasteiger partial charge < -0.3 is 9.47 Å². The molecule has 6 rings (SSSR count). The summed E-state index contributed by atoms with van der Waals surface area (Å²) in [5, 5.41) is 11.6. The van der Waals surface area contributed by atoms with E-state index in [1.54, 1.807) is 49.4 Å². The third kappa shape index (κ3) is 7.11. The van der Waals surface area contributed by atoms with Gasteiger partial charge in [-0.05, 0) is 106 Å². The van der Waals surface area contributed by atoms with Gasteiger partial charge in [0, 0.05) is 31.9 Å². The number of nitro benzene ring substituents is 1. The van der Waals surface area contributed by atoms with Crippen LogP contribution in [-0.4, -0.2) is 22.1 Å². The second kappa shape index (κ2) is 14.7. The maximum Gasteiger partial charge on any atom is 0.338 e. The van der Waals surface area contributed by atoms with Gasteiger partial charge in [-0.15, -0.1) is 0 Å². The molecular weight excluding hydrogens is 880 g/mol. The molecule has 0 radical (unpaired) electrons. The Morgan fingerprint density at radius 1 is 1.06 bits per heavy atom. The Morgan fingerprint density at radius 2 is 1.77 bits per heavy atom. The minimum atomic E-state index is -0.830. The van der Waals surface area contributed by atoms with Crippen molar-refractivity contribution in [2.45, 2.75) is 19.6 Å². The molecule has 1 atom stereocenters. The van der Waals surface area contributed by atoms with Gasteiger partial charge in [-0.25, -0.2) is 9.79 Å². The Labute approximate surface area is 310 Å². The number of rotatable bonds is 9. The molecular formula is C35H24ClI2N3O6S. The molecule has 0 amide bonds. The van der Waals surface area contributed by atoms with E-state index in [0.717, 1.165) is 12.7 Å². The molecule has 0 unspecified atom stereocenters. The van der Waals surface area contributed by atoms with Gasteiger partial charge >= 0.3 is 5.97 Å². The Morgan fingerprint density at radius 3 is 2.44 bits per heavy atom. The molecule has 242 valence electrons. The number of carbonyl (C=O) groups is 1. The lowest BCUT2D eigenvalue weighted by Gasteiger charge is -2.26. The van der Waals surface area contributed by atoms with Crippen molar-refractivity contribution in [3.63, 3.8) is 0 Å². The summed E-state index contributed by atoms with van der Waals surface area (Å²) in [7, 11) is 0. The summed E-state index contributed by atoms with van der Waals surface area (Å²) in [4.78, 5) is 44.0. The van der Waals surface area contributed by atoms with E-state index in [9.17, 15) is 19.7 Å². The SMILES string of the molecule is CCOC(=O)C1=C(c2ccccc2)N=c2s/c(=C\c3cc(I)cc(I)c3OCc3ccc([N+](=O)[O-])cc3)c(=O)n2[C@H]1c1ccc(Cl)cc1. The number of halogens is 3. The van der Waals surface area contributed by atoms with Crippen molar-refractivity contribution in [2.24, 2.45) is 4.99 Å². The molecule has 1 aromatic heterocycles. The summed E-state index contributed by atoms with van der Waals surface area (Å²) in [6.07, 6.45) is 1.77. The van der Waals surface area contributed by atoms with Gasteiger partial charge in [0.05, 0.1) is 36.9 Å². The predicted octanol–water partition coefficient (Wildman–Crippen LogP) is 7.29. The third-order valence-electron chi connectivity index (χ3n) is 7.41. The zero-order valence-corrected chi connectivity index (χ0v) is 30.9. The molecule has 0 saturated carbocycles. The summed E-state index contributed by atoms with van der Waals surface area (Å²) in [5.41, 5.74) is 3.16. The van der Waals surface area contributed by atoms with Crippen molar-refractivity contribution < 1.29 is 19.2 Å². The van der Waals surface area contributed by atoms with Crippen LogP contribution in [0.15, 0.2) is 106 Å². The van der Waals surface area contributed by atoms with E-state index in [2.05, 4.69) is 45.2 Å². The average molecular weight is 904 g/mol. The first kappa shape index (κ1) is 34.0. The van der Waals surface area contributed by atoms with E-state index in [0.29, 0.717) is 42.5 Å². The number of hydrogen-bond donors (Lipinski definition) is 0. The highest BCUT2D eigenvalue weighted by Crippen LogP contribution is 2.36. The second-order valence-corrected chi connectivity index (χ2v) is 14.4. The number of thiazole rings is 1. The van der Waals surface area contributed by atoms with Gasteiger partial charge in [0.1, 0.15) is 12.4 Å². The lowest BCUT2D eigenvalue weighted by atomic mass is 9.93.